The summed E-state index contributed by atoms with van der Waals surface area (Å²) in [5.74, 6) is -0.241. The fourth-order valence-electron chi connectivity index (χ4n) is 1.96. The van der Waals surface area contributed by atoms with Gasteiger partial charge in [0.1, 0.15) is 5.82 Å². The Balaban J connectivity index is 2.18. The highest BCUT2D eigenvalue weighted by atomic mass is 79.9. The number of benzene rings is 2. The van der Waals surface area contributed by atoms with E-state index in [9.17, 15) is 4.39 Å². The summed E-state index contributed by atoms with van der Waals surface area (Å²) in [4.78, 5) is 0.0361. The second-order valence-electron chi connectivity index (χ2n) is 4.51. The highest BCUT2D eigenvalue weighted by Crippen LogP contribution is 2.35. The van der Waals surface area contributed by atoms with Gasteiger partial charge in [-0.2, -0.15) is 0 Å². The molecule has 0 saturated carbocycles. The average molecular weight is 402 g/mol. The van der Waals surface area contributed by atoms with E-state index >= 15 is 0 Å². The van der Waals surface area contributed by atoms with Gasteiger partial charge in [-0.05, 0) is 35.2 Å². The molecule has 1 unspecified atom stereocenters. The molecule has 1 atom stereocenters. The molecule has 2 aromatic rings. The Hall–Kier alpha value is -0.710. The molecule has 0 saturated heterocycles. The predicted octanol–water partition coefficient (Wildman–Crippen LogP) is 5.26. The smallest absolute Gasteiger partial charge is 0.124 e. The normalized spacial score (nSPS) is 12.4. The number of methoxy groups -OCH3 is 1. The molecule has 0 radical (unpaired) electrons. The van der Waals surface area contributed by atoms with E-state index in [2.05, 4.69) is 56.1 Å². The standard InChI is InChI=1S/C16H15Br2FO/c1-20-9-8-11-2-4-12(5-3-11)16(18)14-7-6-13(19)10-15(14)17/h2-7,10,16H,8-9H2,1H3. The second-order valence-corrected chi connectivity index (χ2v) is 6.28. The van der Waals surface area contributed by atoms with Crippen molar-refractivity contribution in [1.29, 1.82) is 0 Å². The Morgan fingerprint density at radius 1 is 1.15 bits per heavy atom. The van der Waals surface area contributed by atoms with Crippen molar-refractivity contribution >= 4 is 31.9 Å². The van der Waals surface area contributed by atoms with Gasteiger partial charge in [0.15, 0.2) is 0 Å². The lowest BCUT2D eigenvalue weighted by molar-refractivity contribution is 0.202. The van der Waals surface area contributed by atoms with Gasteiger partial charge in [-0.3, -0.25) is 0 Å². The van der Waals surface area contributed by atoms with Crippen molar-refractivity contribution in [2.45, 2.75) is 11.2 Å². The van der Waals surface area contributed by atoms with Gasteiger partial charge in [-0.15, -0.1) is 0 Å². The van der Waals surface area contributed by atoms with Crippen LogP contribution in [0.25, 0.3) is 0 Å². The summed E-state index contributed by atoms with van der Waals surface area (Å²) >= 11 is 7.08. The van der Waals surface area contributed by atoms with Gasteiger partial charge < -0.3 is 4.74 Å². The monoisotopic (exact) mass is 400 g/mol. The van der Waals surface area contributed by atoms with Gasteiger partial charge in [-0.25, -0.2) is 4.39 Å². The first-order valence-corrected chi connectivity index (χ1v) is 7.99. The van der Waals surface area contributed by atoms with Crippen LogP contribution in [0.1, 0.15) is 21.5 Å². The van der Waals surface area contributed by atoms with E-state index in [0.717, 1.165) is 28.6 Å². The fourth-order valence-corrected chi connectivity index (χ4v) is 3.55. The molecule has 0 heterocycles. The molecule has 0 aliphatic heterocycles. The zero-order chi connectivity index (χ0) is 14.5. The van der Waals surface area contributed by atoms with Gasteiger partial charge in [-0.1, -0.05) is 62.2 Å². The van der Waals surface area contributed by atoms with E-state index in [-0.39, 0.29) is 10.6 Å². The Bertz CT molecular complexity index is 569. The van der Waals surface area contributed by atoms with E-state index in [1.807, 2.05) is 0 Å². The maximum atomic E-state index is 13.1. The number of hydrogen-bond donors (Lipinski definition) is 0. The molecule has 0 aliphatic rings. The van der Waals surface area contributed by atoms with Gasteiger partial charge in [0, 0.05) is 11.6 Å². The first-order chi connectivity index (χ1) is 9.61. The van der Waals surface area contributed by atoms with Crippen molar-refractivity contribution in [3.63, 3.8) is 0 Å². The lowest BCUT2D eigenvalue weighted by Crippen LogP contribution is -1.97. The van der Waals surface area contributed by atoms with Gasteiger partial charge in [0.25, 0.3) is 0 Å². The minimum atomic E-state index is -0.241. The van der Waals surface area contributed by atoms with Crippen molar-refractivity contribution in [3.8, 4) is 0 Å². The molecule has 106 valence electrons. The first-order valence-electron chi connectivity index (χ1n) is 6.28. The van der Waals surface area contributed by atoms with Crippen LogP contribution in [-0.2, 0) is 11.2 Å². The van der Waals surface area contributed by atoms with E-state index in [0.29, 0.717) is 0 Å². The molecule has 0 aliphatic carbocycles. The third kappa shape index (κ3) is 3.90. The number of hydrogen-bond acceptors (Lipinski definition) is 1. The molecule has 2 aromatic carbocycles. The topological polar surface area (TPSA) is 9.23 Å². The molecule has 1 nitrogen and oxygen atoms in total. The summed E-state index contributed by atoms with van der Waals surface area (Å²) in [6.45, 7) is 0.723. The summed E-state index contributed by atoms with van der Waals surface area (Å²) in [5, 5.41) is 0. The number of ether oxygens (including phenoxy) is 1. The average Bonchev–Trinajstić information content (AvgIpc) is 2.45. The summed E-state index contributed by atoms with van der Waals surface area (Å²) in [5.41, 5.74) is 3.39. The van der Waals surface area contributed by atoms with Crippen LogP contribution in [0.2, 0.25) is 0 Å². The van der Waals surface area contributed by atoms with E-state index in [1.165, 1.54) is 17.7 Å². The highest BCUT2D eigenvalue weighted by molar-refractivity contribution is 9.11. The van der Waals surface area contributed by atoms with Crippen LogP contribution in [-0.4, -0.2) is 13.7 Å². The van der Waals surface area contributed by atoms with Crippen molar-refractivity contribution in [1.82, 2.24) is 0 Å². The molecule has 0 aromatic heterocycles. The fraction of sp³-hybridized carbons (Fsp3) is 0.250. The number of alkyl halides is 1. The van der Waals surface area contributed by atoms with Crippen LogP contribution in [0.4, 0.5) is 4.39 Å². The zero-order valence-electron chi connectivity index (χ0n) is 11.1. The molecule has 0 N–H and O–H groups in total. The highest BCUT2D eigenvalue weighted by Gasteiger charge is 2.14. The van der Waals surface area contributed by atoms with E-state index < -0.39 is 0 Å². The molecule has 20 heavy (non-hydrogen) atoms. The van der Waals surface area contributed by atoms with Crippen LogP contribution >= 0.6 is 31.9 Å². The van der Waals surface area contributed by atoms with Gasteiger partial charge >= 0.3 is 0 Å². The Labute approximate surface area is 135 Å². The molecular weight excluding hydrogens is 387 g/mol. The molecule has 0 fully saturated rings. The molecule has 0 spiro atoms. The third-order valence-corrected chi connectivity index (χ3v) is 4.81. The summed E-state index contributed by atoms with van der Waals surface area (Å²) in [6, 6.07) is 13.1. The second kappa shape index (κ2) is 7.34. The summed E-state index contributed by atoms with van der Waals surface area (Å²) in [6.07, 6.45) is 0.907. The van der Waals surface area contributed by atoms with Crippen molar-refractivity contribution in [2.24, 2.45) is 0 Å². The van der Waals surface area contributed by atoms with Gasteiger partial charge in [0.2, 0.25) is 0 Å². The minimum absolute atomic E-state index is 0.0361. The molecule has 0 bridgehead atoms. The largest absolute Gasteiger partial charge is 0.384 e. The van der Waals surface area contributed by atoms with Crippen LogP contribution in [0.5, 0.6) is 0 Å². The summed E-state index contributed by atoms with van der Waals surface area (Å²) < 4.78 is 19.0. The quantitative estimate of drug-likeness (QED) is 0.620. The third-order valence-electron chi connectivity index (χ3n) is 3.10. The maximum Gasteiger partial charge on any atom is 0.124 e. The van der Waals surface area contributed by atoms with E-state index in [4.69, 9.17) is 4.74 Å². The van der Waals surface area contributed by atoms with Crippen LogP contribution in [0.3, 0.4) is 0 Å². The first kappa shape index (κ1) is 15.7. The van der Waals surface area contributed by atoms with Crippen molar-refractivity contribution < 1.29 is 9.13 Å². The van der Waals surface area contributed by atoms with Crippen molar-refractivity contribution in [2.75, 3.05) is 13.7 Å². The minimum Gasteiger partial charge on any atom is -0.384 e. The summed E-state index contributed by atoms with van der Waals surface area (Å²) in [7, 11) is 1.70. The molecule has 2 rings (SSSR count). The number of rotatable bonds is 5. The molecule has 4 heteroatoms. The SMILES string of the molecule is COCCc1ccc(C(Br)c2ccc(F)cc2Br)cc1. The lowest BCUT2D eigenvalue weighted by atomic mass is 10.0. The molecule has 0 amide bonds. The predicted molar refractivity (Wildman–Crippen MR) is 86.9 cm³/mol. The van der Waals surface area contributed by atoms with Gasteiger partial charge in [0.05, 0.1) is 11.4 Å². The Kier molecular flexibility index (Phi) is 5.75. The van der Waals surface area contributed by atoms with Crippen LogP contribution in [0.15, 0.2) is 46.9 Å². The lowest BCUT2D eigenvalue weighted by Gasteiger charge is -2.13. The van der Waals surface area contributed by atoms with Crippen LogP contribution in [0, 0.1) is 5.82 Å². The molecular formula is C16H15Br2FO. The maximum absolute atomic E-state index is 13.1. The zero-order valence-corrected chi connectivity index (χ0v) is 14.2. The Morgan fingerprint density at radius 2 is 1.85 bits per heavy atom. The van der Waals surface area contributed by atoms with E-state index in [1.54, 1.807) is 13.2 Å². The van der Waals surface area contributed by atoms with Crippen molar-refractivity contribution in [3.05, 3.63) is 69.4 Å². The Morgan fingerprint density at radius 3 is 2.45 bits per heavy atom. The number of halogens is 3. The van der Waals surface area contributed by atoms with Crippen LogP contribution < -0.4 is 0 Å².